The first-order chi connectivity index (χ1) is 7.11. The zero-order valence-electron chi connectivity index (χ0n) is 8.90. The van der Waals surface area contributed by atoms with Crippen molar-refractivity contribution in [3.63, 3.8) is 0 Å². The molecule has 3 N–H and O–H groups in total. The Morgan fingerprint density at radius 1 is 1.53 bits per heavy atom. The predicted octanol–water partition coefficient (Wildman–Crippen LogP) is 1.61. The molecule has 0 radical (unpaired) electrons. The Hall–Kier alpha value is -1.13. The molecule has 0 heterocycles. The van der Waals surface area contributed by atoms with Crippen LogP contribution in [0.2, 0.25) is 0 Å². The Morgan fingerprint density at radius 2 is 2.20 bits per heavy atom. The molecule has 4 heteroatoms. The molecule has 0 spiro atoms. The molecule has 0 bridgehead atoms. The maximum absolute atomic E-state index is 13.3. The lowest BCUT2D eigenvalue weighted by molar-refractivity contribution is 0.139. The zero-order chi connectivity index (χ0) is 11.4. The van der Waals surface area contributed by atoms with Gasteiger partial charge in [0.1, 0.15) is 0 Å². The molecule has 0 saturated heterocycles. The van der Waals surface area contributed by atoms with Gasteiger partial charge in [0.25, 0.3) is 0 Å². The molecule has 1 rings (SSSR count). The number of halogens is 1. The number of rotatable bonds is 4. The van der Waals surface area contributed by atoms with E-state index in [9.17, 15) is 9.50 Å². The summed E-state index contributed by atoms with van der Waals surface area (Å²) in [6, 6.07) is 3.88. The second-order valence-electron chi connectivity index (χ2n) is 3.36. The SMILES string of the molecule is CC[C@@H](O)[C@@H](N)c1cccc(F)c1OC. The van der Waals surface area contributed by atoms with Crippen molar-refractivity contribution in [2.24, 2.45) is 5.73 Å². The average molecular weight is 213 g/mol. The van der Waals surface area contributed by atoms with Crippen molar-refractivity contribution in [2.75, 3.05) is 7.11 Å². The fourth-order valence-electron chi connectivity index (χ4n) is 1.46. The summed E-state index contributed by atoms with van der Waals surface area (Å²) in [4.78, 5) is 0. The summed E-state index contributed by atoms with van der Waals surface area (Å²) >= 11 is 0. The van der Waals surface area contributed by atoms with Gasteiger partial charge in [-0.25, -0.2) is 4.39 Å². The predicted molar refractivity (Wildman–Crippen MR) is 56.2 cm³/mol. The van der Waals surface area contributed by atoms with Gasteiger partial charge in [0.15, 0.2) is 11.6 Å². The first kappa shape index (κ1) is 11.9. The van der Waals surface area contributed by atoms with Crippen LogP contribution >= 0.6 is 0 Å². The highest BCUT2D eigenvalue weighted by molar-refractivity contribution is 5.37. The van der Waals surface area contributed by atoms with Gasteiger partial charge in [-0.15, -0.1) is 0 Å². The molecule has 0 unspecified atom stereocenters. The molecule has 84 valence electrons. The van der Waals surface area contributed by atoms with Gasteiger partial charge < -0.3 is 15.6 Å². The third kappa shape index (κ3) is 2.46. The van der Waals surface area contributed by atoms with E-state index in [0.717, 1.165) is 0 Å². The van der Waals surface area contributed by atoms with Crippen molar-refractivity contribution in [3.8, 4) is 5.75 Å². The van der Waals surface area contributed by atoms with Crippen LogP contribution in [0.25, 0.3) is 0 Å². The van der Waals surface area contributed by atoms with Crippen LogP contribution in [0.5, 0.6) is 5.75 Å². The van der Waals surface area contributed by atoms with Crippen LogP contribution in [-0.4, -0.2) is 18.3 Å². The summed E-state index contributed by atoms with van der Waals surface area (Å²) < 4.78 is 18.2. The molecule has 3 nitrogen and oxygen atoms in total. The van der Waals surface area contributed by atoms with Crippen LogP contribution in [-0.2, 0) is 0 Å². The van der Waals surface area contributed by atoms with E-state index in [1.54, 1.807) is 12.1 Å². The smallest absolute Gasteiger partial charge is 0.165 e. The van der Waals surface area contributed by atoms with Gasteiger partial charge >= 0.3 is 0 Å². The summed E-state index contributed by atoms with van der Waals surface area (Å²) in [5.74, 6) is -0.355. The lowest BCUT2D eigenvalue weighted by Crippen LogP contribution is -2.26. The fraction of sp³-hybridized carbons (Fsp3) is 0.455. The minimum absolute atomic E-state index is 0.109. The molecule has 0 saturated carbocycles. The quantitative estimate of drug-likeness (QED) is 0.798. The molecular formula is C11H16FNO2. The Morgan fingerprint density at radius 3 is 2.73 bits per heavy atom. The number of aliphatic hydroxyl groups is 1. The van der Waals surface area contributed by atoms with Crippen LogP contribution in [0.3, 0.4) is 0 Å². The average Bonchev–Trinajstić information content (AvgIpc) is 2.26. The van der Waals surface area contributed by atoms with E-state index in [4.69, 9.17) is 10.5 Å². The van der Waals surface area contributed by atoms with Crippen LogP contribution in [0.15, 0.2) is 18.2 Å². The van der Waals surface area contributed by atoms with Crippen molar-refractivity contribution < 1.29 is 14.2 Å². The first-order valence-corrected chi connectivity index (χ1v) is 4.87. The van der Waals surface area contributed by atoms with Crippen LogP contribution in [0, 0.1) is 5.82 Å². The third-order valence-corrected chi connectivity index (χ3v) is 2.39. The van der Waals surface area contributed by atoms with Gasteiger partial charge in [0.2, 0.25) is 0 Å². The van der Waals surface area contributed by atoms with E-state index >= 15 is 0 Å². The number of aliphatic hydroxyl groups excluding tert-OH is 1. The van der Waals surface area contributed by atoms with Crippen LogP contribution < -0.4 is 10.5 Å². The van der Waals surface area contributed by atoms with Gasteiger partial charge in [-0.1, -0.05) is 19.1 Å². The summed E-state index contributed by atoms with van der Waals surface area (Å²) in [6.45, 7) is 1.82. The van der Waals surface area contributed by atoms with Crippen LogP contribution in [0.1, 0.15) is 24.9 Å². The van der Waals surface area contributed by atoms with Gasteiger partial charge in [-0.05, 0) is 12.5 Å². The molecule has 2 atom stereocenters. The van der Waals surface area contributed by atoms with Gasteiger partial charge in [0.05, 0.1) is 19.3 Å². The van der Waals surface area contributed by atoms with Gasteiger partial charge in [0, 0.05) is 5.56 Å². The molecule has 0 aliphatic carbocycles. The van der Waals surface area contributed by atoms with E-state index in [1.165, 1.54) is 13.2 Å². The highest BCUT2D eigenvalue weighted by Gasteiger charge is 2.20. The van der Waals surface area contributed by atoms with Crippen molar-refractivity contribution in [1.29, 1.82) is 0 Å². The largest absolute Gasteiger partial charge is 0.493 e. The maximum atomic E-state index is 13.3. The normalized spacial score (nSPS) is 14.7. The molecule has 0 aliphatic heterocycles. The van der Waals surface area contributed by atoms with Crippen molar-refractivity contribution in [3.05, 3.63) is 29.6 Å². The molecule has 1 aromatic rings. The second-order valence-corrected chi connectivity index (χ2v) is 3.36. The van der Waals surface area contributed by atoms with Gasteiger partial charge in [-0.2, -0.15) is 0 Å². The lowest BCUT2D eigenvalue weighted by atomic mass is 9.99. The minimum atomic E-state index is -0.694. The first-order valence-electron chi connectivity index (χ1n) is 4.87. The monoisotopic (exact) mass is 213 g/mol. The number of hydrogen-bond acceptors (Lipinski definition) is 3. The van der Waals surface area contributed by atoms with Crippen molar-refractivity contribution in [2.45, 2.75) is 25.5 Å². The molecular weight excluding hydrogens is 197 g/mol. The summed E-state index contributed by atoms with van der Waals surface area (Å²) in [5, 5.41) is 9.59. The highest BCUT2D eigenvalue weighted by atomic mass is 19.1. The van der Waals surface area contributed by atoms with E-state index in [2.05, 4.69) is 0 Å². The van der Waals surface area contributed by atoms with Crippen molar-refractivity contribution in [1.82, 2.24) is 0 Å². The minimum Gasteiger partial charge on any atom is -0.493 e. The van der Waals surface area contributed by atoms with Crippen LogP contribution in [0.4, 0.5) is 4.39 Å². The van der Waals surface area contributed by atoms with E-state index < -0.39 is 18.0 Å². The number of nitrogens with two attached hydrogens (primary N) is 1. The lowest BCUT2D eigenvalue weighted by Gasteiger charge is -2.20. The Bertz CT molecular complexity index is 330. The van der Waals surface area contributed by atoms with E-state index in [-0.39, 0.29) is 5.75 Å². The Balaban J connectivity index is 3.07. The molecule has 0 aromatic heterocycles. The number of para-hydroxylation sites is 1. The number of hydrogen-bond donors (Lipinski definition) is 2. The molecule has 1 aromatic carbocycles. The highest BCUT2D eigenvalue weighted by Crippen LogP contribution is 2.28. The van der Waals surface area contributed by atoms with Crippen molar-refractivity contribution >= 4 is 0 Å². The van der Waals surface area contributed by atoms with E-state index in [1.807, 2.05) is 6.92 Å². The Kier molecular flexibility index (Phi) is 4.05. The van der Waals surface area contributed by atoms with Gasteiger partial charge in [-0.3, -0.25) is 0 Å². The molecule has 15 heavy (non-hydrogen) atoms. The zero-order valence-corrected chi connectivity index (χ0v) is 8.90. The summed E-state index contributed by atoms with van der Waals surface area (Å²) in [5.41, 5.74) is 6.29. The third-order valence-electron chi connectivity index (χ3n) is 2.39. The molecule has 0 aliphatic rings. The second kappa shape index (κ2) is 5.09. The molecule has 0 fully saturated rings. The van der Waals surface area contributed by atoms with E-state index in [0.29, 0.717) is 12.0 Å². The fourth-order valence-corrected chi connectivity index (χ4v) is 1.46. The summed E-state index contributed by atoms with van der Waals surface area (Å²) in [6.07, 6.45) is -0.179. The summed E-state index contributed by atoms with van der Waals surface area (Å²) in [7, 11) is 1.38. The molecule has 0 amide bonds. The number of methoxy groups -OCH3 is 1. The number of ether oxygens (including phenoxy) is 1. The maximum Gasteiger partial charge on any atom is 0.165 e. The number of benzene rings is 1. The standard InChI is InChI=1S/C11H16FNO2/c1-3-9(14)10(13)7-5-4-6-8(12)11(7)15-2/h4-6,9-10,14H,3,13H2,1-2H3/t9-,10+/m1/s1. The Labute approximate surface area is 88.7 Å². The topological polar surface area (TPSA) is 55.5 Å².